The highest BCUT2D eigenvalue weighted by atomic mass is 16.6. The van der Waals surface area contributed by atoms with Gasteiger partial charge in [-0.15, -0.1) is 0 Å². The normalized spacial score (nSPS) is 28.1. The number of carbonyl (C=O) groups is 1. The summed E-state index contributed by atoms with van der Waals surface area (Å²) in [7, 11) is 0. The molecule has 0 aromatic heterocycles. The average Bonchev–Trinajstić information content (AvgIpc) is 3.37. The molecule has 0 saturated carbocycles. The van der Waals surface area contributed by atoms with E-state index in [0.29, 0.717) is 25.3 Å². The van der Waals surface area contributed by atoms with Crippen molar-refractivity contribution < 1.29 is 23.7 Å². The second kappa shape index (κ2) is 5.87. The fourth-order valence-corrected chi connectivity index (χ4v) is 2.31. The Bertz CT molecular complexity index is 520. The molecule has 0 aliphatic carbocycles. The van der Waals surface area contributed by atoms with Crippen LogP contribution in [0.25, 0.3) is 0 Å². The van der Waals surface area contributed by atoms with Crippen molar-refractivity contribution in [3.05, 3.63) is 29.8 Å². The van der Waals surface area contributed by atoms with Crippen molar-refractivity contribution in [2.45, 2.75) is 18.3 Å². The molecule has 3 heterocycles. The van der Waals surface area contributed by atoms with Gasteiger partial charge in [0.25, 0.3) is 5.91 Å². The summed E-state index contributed by atoms with van der Waals surface area (Å²) in [4.78, 5) is 14.4. The monoisotopic (exact) mass is 305 g/mol. The first-order valence-electron chi connectivity index (χ1n) is 7.65. The molecule has 118 valence electrons. The van der Waals surface area contributed by atoms with Crippen LogP contribution in [-0.4, -0.2) is 68.6 Å². The molecule has 3 aliphatic heterocycles. The number of benzene rings is 1. The van der Waals surface area contributed by atoms with Gasteiger partial charge in [-0.3, -0.25) is 4.79 Å². The Hall–Kier alpha value is -1.63. The molecule has 0 spiro atoms. The van der Waals surface area contributed by atoms with E-state index >= 15 is 0 Å². The number of rotatable bonds is 8. The lowest BCUT2D eigenvalue weighted by Crippen LogP contribution is -2.37. The minimum Gasteiger partial charge on any atom is -0.491 e. The van der Waals surface area contributed by atoms with Crippen molar-refractivity contribution in [3.63, 3.8) is 0 Å². The van der Waals surface area contributed by atoms with E-state index in [1.54, 1.807) is 12.1 Å². The van der Waals surface area contributed by atoms with Gasteiger partial charge in [0, 0.05) is 18.7 Å². The first-order valence-corrected chi connectivity index (χ1v) is 7.65. The van der Waals surface area contributed by atoms with Crippen molar-refractivity contribution in [1.29, 1.82) is 0 Å². The van der Waals surface area contributed by atoms with Crippen molar-refractivity contribution in [1.82, 2.24) is 4.90 Å². The molecule has 3 unspecified atom stereocenters. The van der Waals surface area contributed by atoms with Gasteiger partial charge in [-0.05, 0) is 24.3 Å². The zero-order valence-electron chi connectivity index (χ0n) is 12.3. The number of ether oxygens (including phenoxy) is 4. The molecule has 4 rings (SSSR count). The fourth-order valence-electron chi connectivity index (χ4n) is 2.31. The quantitative estimate of drug-likeness (QED) is 0.662. The number of carbonyl (C=O) groups excluding carboxylic acids is 1. The molecule has 6 nitrogen and oxygen atoms in total. The second-order valence-corrected chi connectivity index (χ2v) is 5.91. The summed E-state index contributed by atoms with van der Waals surface area (Å²) in [6.07, 6.45) is 0.599. The Kier molecular flexibility index (Phi) is 3.73. The highest BCUT2D eigenvalue weighted by Gasteiger charge is 2.33. The lowest BCUT2D eigenvalue weighted by Gasteiger charge is -2.21. The van der Waals surface area contributed by atoms with E-state index in [-0.39, 0.29) is 24.2 Å². The van der Waals surface area contributed by atoms with Gasteiger partial charge in [0.2, 0.25) is 0 Å². The van der Waals surface area contributed by atoms with E-state index in [0.717, 1.165) is 25.6 Å². The maximum atomic E-state index is 12.6. The van der Waals surface area contributed by atoms with E-state index in [4.69, 9.17) is 18.9 Å². The zero-order chi connectivity index (χ0) is 14.9. The highest BCUT2D eigenvalue weighted by molar-refractivity contribution is 5.94. The minimum absolute atomic E-state index is 0.0167. The Balaban J connectivity index is 1.37. The van der Waals surface area contributed by atoms with E-state index in [2.05, 4.69) is 0 Å². The molecule has 3 saturated heterocycles. The molecule has 3 fully saturated rings. The van der Waals surface area contributed by atoms with Crippen molar-refractivity contribution in [2.75, 3.05) is 39.5 Å². The predicted octanol–water partition coefficient (Wildman–Crippen LogP) is 0.704. The third-order valence-electron chi connectivity index (χ3n) is 3.88. The number of hydrogen-bond acceptors (Lipinski definition) is 5. The summed E-state index contributed by atoms with van der Waals surface area (Å²) < 4.78 is 21.2. The third kappa shape index (κ3) is 3.76. The van der Waals surface area contributed by atoms with Gasteiger partial charge in [-0.2, -0.15) is 0 Å². The van der Waals surface area contributed by atoms with E-state index in [1.807, 2.05) is 17.0 Å². The van der Waals surface area contributed by atoms with Crippen LogP contribution in [0.15, 0.2) is 24.3 Å². The van der Waals surface area contributed by atoms with Crippen LogP contribution in [0, 0.1) is 0 Å². The summed E-state index contributed by atoms with van der Waals surface area (Å²) in [5.74, 6) is 0.776. The van der Waals surface area contributed by atoms with Crippen LogP contribution in [-0.2, 0) is 14.2 Å². The Morgan fingerprint density at radius 2 is 1.55 bits per heavy atom. The van der Waals surface area contributed by atoms with E-state index in [9.17, 15) is 4.79 Å². The number of amides is 1. The Morgan fingerprint density at radius 3 is 2.05 bits per heavy atom. The summed E-state index contributed by atoms with van der Waals surface area (Å²) in [6, 6.07) is 7.27. The molecule has 3 aliphatic rings. The van der Waals surface area contributed by atoms with Crippen LogP contribution >= 0.6 is 0 Å². The molecule has 0 N–H and O–H groups in total. The zero-order valence-corrected chi connectivity index (χ0v) is 12.3. The van der Waals surface area contributed by atoms with Crippen LogP contribution in [0.4, 0.5) is 0 Å². The van der Waals surface area contributed by atoms with Gasteiger partial charge < -0.3 is 23.8 Å². The molecule has 6 heteroatoms. The van der Waals surface area contributed by atoms with Crippen LogP contribution < -0.4 is 4.74 Å². The topological polar surface area (TPSA) is 67.1 Å². The molecule has 1 amide bonds. The molecule has 22 heavy (non-hydrogen) atoms. The average molecular weight is 305 g/mol. The molecular weight excluding hydrogens is 286 g/mol. The molecule has 1 aromatic rings. The standard InChI is InChI=1S/C16H19NO5/c18-16(17(5-13-7-20-13)6-14-8-21-14)11-1-3-12(4-2-11)19-9-15-10-22-15/h1-4,13-15H,5-10H2. The molecule has 0 radical (unpaired) electrons. The number of hydrogen-bond donors (Lipinski definition) is 0. The lowest BCUT2D eigenvalue weighted by molar-refractivity contribution is 0.0729. The van der Waals surface area contributed by atoms with Gasteiger partial charge in [-0.25, -0.2) is 0 Å². The molecule has 1 aromatic carbocycles. The van der Waals surface area contributed by atoms with Gasteiger partial charge in [0.1, 0.15) is 18.5 Å². The number of epoxide rings is 3. The third-order valence-corrected chi connectivity index (χ3v) is 3.88. The molecule has 0 bridgehead atoms. The predicted molar refractivity (Wildman–Crippen MR) is 77.1 cm³/mol. The van der Waals surface area contributed by atoms with Gasteiger partial charge >= 0.3 is 0 Å². The van der Waals surface area contributed by atoms with Crippen molar-refractivity contribution >= 4 is 5.91 Å². The van der Waals surface area contributed by atoms with Gasteiger partial charge in [0.15, 0.2) is 0 Å². The SMILES string of the molecule is O=C(c1ccc(OCC2CO2)cc1)N(CC1CO1)CC1CO1. The van der Waals surface area contributed by atoms with Crippen LogP contribution in [0.2, 0.25) is 0 Å². The van der Waals surface area contributed by atoms with Gasteiger partial charge in [0.05, 0.1) is 32.0 Å². The van der Waals surface area contributed by atoms with Crippen LogP contribution in [0.3, 0.4) is 0 Å². The van der Waals surface area contributed by atoms with Gasteiger partial charge in [-0.1, -0.05) is 0 Å². The largest absolute Gasteiger partial charge is 0.491 e. The smallest absolute Gasteiger partial charge is 0.254 e. The van der Waals surface area contributed by atoms with Crippen molar-refractivity contribution in [3.8, 4) is 5.75 Å². The Labute approximate surface area is 128 Å². The summed E-state index contributed by atoms with van der Waals surface area (Å²) in [6.45, 7) is 4.10. The summed E-state index contributed by atoms with van der Waals surface area (Å²) in [5.41, 5.74) is 0.663. The minimum atomic E-state index is 0.0167. The molecular formula is C16H19NO5. The second-order valence-electron chi connectivity index (χ2n) is 5.91. The van der Waals surface area contributed by atoms with Crippen LogP contribution in [0.5, 0.6) is 5.75 Å². The van der Waals surface area contributed by atoms with E-state index < -0.39 is 0 Å². The first-order chi connectivity index (χ1) is 10.8. The summed E-state index contributed by atoms with van der Waals surface area (Å²) >= 11 is 0. The van der Waals surface area contributed by atoms with E-state index in [1.165, 1.54) is 0 Å². The Morgan fingerprint density at radius 1 is 1.00 bits per heavy atom. The first kappa shape index (κ1) is 14.0. The maximum absolute atomic E-state index is 12.6. The number of nitrogens with zero attached hydrogens (tertiary/aromatic N) is 1. The van der Waals surface area contributed by atoms with Crippen molar-refractivity contribution in [2.24, 2.45) is 0 Å². The fraction of sp³-hybridized carbons (Fsp3) is 0.562. The lowest BCUT2D eigenvalue weighted by atomic mass is 10.1. The molecule has 3 atom stereocenters. The van der Waals surface area contributed by atoms with Crippen LogP contribution in [0.1, 0.15) is 10.4 Å². The summed E-state index contributed by atoms with van der Waals surface area (Å²) in [5, 5.41) is 0. The maximum Gasteiger partial charge on any atom is 0.254 e. The highest BCUT2D eigenvalue weighted by Crippen LogP contribution is 2.20.